The van der Waals surface area contributed by atoms with Crippen molar-refractivity contribution in [3.8, 4) is 0 Å². The molecular weight excluding hydrogens is 496 g/mol. The third-order valence-electron chi connectivity index (χ3n) is 8.04. The van der Waals surface area contributed by atoms with Crippen molar-refractivity contribution in [1.82, 2.24) is 19.5 Å². The van der Waals surface area contributed by atoms with Crippen LogP contribution in [0, 0.1) is 18.8 Å². The van der Waals surface area contributed by atoms with E-state index >= 15 is 0 Å². The normalized spacial score (nSPS) is 28.7. The molecule has 0 amide bonds. The Hall–Kier alpha value is -2.75. The Morgan fingerprint density at radius 2 is 2.03 bits per heavy atom. The van der Waals surface area contributed by atoms with Crippen molar-refractivity contribution >= 4 is 49.5 Å². The number of pyridine rings is 1. The molecule has 5 atom stereocenters. The van der Waals surface area contributed by atoms with Crippen LogP contribution < -0.4 is 11.5 Å². The Bertz CT molecular complexity index is 1440. The van der Waals surface area contributed by atoms with Crippen LogP contribution in [0.25, 0.3) is 21.9 Å². The number of nitrogen functional groups attached to an aromatic ring is 2. The molecule has 34 heavy (non-hydrogen) atoms. The highest BCUT2D eigenvalue weighted by atomic mass is 79.9. The molecule has 3 heterocycles. The van der Waals surface area contributed by atoms with Crippen LogP contribution in [0.15, 0.2) is 41.3 Å². The number of nitrogens with zero attached hydrogens (tertiary/aromatic N) is 4. The van der Waals surface area contributed by atoms with Crippen LogP contribution in [-0.4, -0.2) is 41.4 Å². The van der Waals surface area contributed by atoms with Gasteiger partial charge in [-0.15, -0.1) is 0 Å². The second-order valence-electron chi connectivity index (χ2n) is 9.91. The average molecular weight is 523 g/mol. The Kier molecular flexibility index (Phi) is 4.88. The molecule has 0 spiro atoms. The molecule has 8 nitrogen and oxygen atoms in total. The fourth-order valence-electron chi connectivity index (χ4n) is 6.39. The summed E-state index contributed by atoms with van der Waals surface area (Å²) in [6, 6.07) is 7.98. The first kappa shape index (κ1) is 21.8. The minimum absolute atomic E-state index is 0.0110. The zero-order valence-corrected chi connectivity index (χ0v) is 20.4. The zero-order chi connectivity index (χ0) is 23.8. The molecule has 2 saturated carbocycles. The van der Waals surface area contributed by atoms with E-state index < -0.39 is 11.7 Å². The van der Waals surface area contributed by atoms with Gasteiger partial charge in [0.1, 0.15) is 29.7 Å². The molecular formula is C25H27BrN6O2. The van der Waals surface area contributed by atoms with Crippen LogP contribution in [-0.2, 0) is 6.42 Å². The number of aromatic nitrogens is 4. The van der Waals surface area contributed by atoms with Gasteiger partial charge in [-0.05, 0) is 83.6 Å². The van der Waals surface area contributed by atoms with Crippen LogP contribution in [0.5, 0.6) is 0 Å². The molecule has 0 bridgehead atoms. The number of hydrogen-bond donors (Lipinski definition) is 4. The number of hydrogen-bond acceptors (Lipinski definition) is 7. The minimum Gasteiger partial charge on any atom is -0.388 e. The van der Waals surface area contributed by atoms with Gasteiger partial charge in [0.2, 0.25) is 0 Å². The lowest BCUT2D eigenvalue weighted by molar-refractivity contribution is -0.0799. The molecule has 1 aromatic carbocycles. The van der Waals surface area contributed by atoms with Crippen molar-refractivity contribution in [2.24, 2.45) is 11.8 Å². The molecule has 0 saturated heterocycles. The molecule has 6 rings (SSSR count). The van der Waals surface area contributed by atoms with E-state index in [0.717, 1.165) is 44.7 Å². The predicted octanol–water partition coefficient (Wildman–Crippen LogP) is 3.52. The summed E-state index contributed by atoms with van der Waals surface area (Å²) in [5.41, 5.74) is 14.7. The topological polar surface area (TPSA) is 136 Å². The van der Waals surface area contributed by atoms with Gasteiger partial charge in [-0.1, -0.05) is 12.1 Å². The first-order chi connectivity index (χ1) is 16.3. The van der Waals surface area contributed by atoms with E-state index in [1.54, 1.807) is 0 Å². The van der Waals surface area contributed by atoms with Crippen molar-refractivity contribution < 1.29 is 10.2 Å². The number of fused-ring (bicyclic) bond motifs is 3. The minimum atomic E-state index is -1.11. The Morgan fingerprint density at radius 3 is 2.85 bits per heavy atom. The number of aliphatic hydroxyl groups excluding tert-OH is 1. The molecule has 176 valence electrons. The van der Waals surface area contributed by atoms with Gasteiger partial charge in [-0.3, -0.25) is 0 Å². The van der Waals surface area contributed by atoms with Crippen molar-refractivity contribution in [2.45, 2.75) is 50.4 Å². The van der Waals surface area contributed by atoms with E-state index in [4.69, 9.17) is 11.5 Å². The van der Waals surface area contributed by atoms with Crippen molar-refractivity contribution in [1.29, 1.82) is 0 Å². The lowest BCUT2D eigenvalue weighted by Gasteiger charge is -2.29. The summed E-state index contributed by atoms with van der Waals surface area (Å²) < 4.78 is 2.78. The summed E-state index contributed by atoms with van der Waals surface area (Å²) in [5, 5.41) is 24.8. The largest absolute Gasteiger partial charge is 0.388 e. The summed E-state index contributed by atoms with van der Waals surface area (Å²) >= 11 is 3.44. The van der Waals surface area contributed by atoms with Crippen molar-refractivity contribution in [3.05, 3.63) is 52.4 Å². The quantitative estimate of drug-likeness (QED) is 0.323. The first-order valence-electron chi connectivity index (χ1n) is 11.6. The van der Waals surface area contributed by atoms with Crippen LogP contribution in [0.4, 0.5) is 11.6 Å². The Balaban J connectivity index is 1.31. The van der Waals surface area contributed by atoms with Crippen LogP contribution >= 0.6 is 15.9 Å². The number of aryl methyl sites for hydroxylation is 1. The van der Waals surface area contributed by atoms with Crippen LogP contribution in [0.3, 0.4) is 0 Å². The summed E-state index contributed by atoms with van der Waals surface area (Å²) in [6.07, 6.45) is 5.51. The number of anilines is 2. The number of benzene rings is 1. The molecule has 2 fully saturated rings. The summed E-state index contributed by atoms with van der Waals surface area (Å²) in [7, 11) is 0. The fraction of sp³-hybridized carbons (Fsp3) is 0.400. The smallest absolute Gasteiger partial charge is 0.146 e. The maximum absolute atomic E-state index is 11.6. The number of nitrogens with two attached hydrogens (primary N) is 2. The average Bonchev–Trinajstić information content (AvgIpc) is 3.39. The molecule has 6 N–H and O–H groups in total. The standard InChI is InChI=1S/C25H27BrN6O2/c1-12-10-32(24-20(12)23(28)29-11-30-24)19-9-16-14(4-5-25(16,34)21(19)33)6-13-2-3-15-8-17(26)22(27)31-18(15)7-13/h2-3,7-8,10-11,14,16,19,21,33-34H,4-6,9H2,1H3,(H2,27,31)(H2,28,29,30)/t14-,16+,19+,21-,25+/m0/s1. The molecule has 3 aromatic heterocycles. The molecule has 0 radical (unpaired) electrons. The van der Waals surface area contributed by atoms with Gasteiger partial charge in [-0.2, -0.15) is 0 Å². The molecule has 4 aromatic rings. The second kappa shape index (κ2) is 7.63. The molecule has 0 aliphatic heterocycles. The van der Waals surface area contributed by atoms with E-state index in [1.165, 1.54) is 6.33 Å². The monoisotopic (exact) mass is 522 g/mol. The maximum atomic E-state index is 11.6. The summed E-state index contributed by atoms with van der Waals surface area (Å²) in [5.74, 6) is 1.16. The van der Waals surface area contributed by atoms with Gasteiger partial charge in [0.25, 0.3) is 0 Å². The van der Waals surface area contributed by atoms with E-state index in [1.807, 2.05) is 23.8 Å². The third-order valence-corrected chi connectivity index (χ3v) is 8.68. The number of aliphatic hydroxyl groups is 2. The molecule has 2 aliphatic carbocycles. The van der Waals surface area contributed by atoms with E-state index in [-0.39, 0.29) is 17.9 Å². The summed E-state index contributed by atoms with van der Waals surface area (Å²) in [6.45, 7) is 1.97. The highest BCUT2D eigenvalue weighted by molar-refractivity contribution is 9.10. The zero-order valence-electron chi connectivity index (χ0n) is 18.8. The second-order valence-corrected chi connectivity index (χ2v) is 10.8. The highest BCUT2D eigenvalue weighted by Gasteiger charge is 2.59. The maximum Gasteiger partial charge on any atom is 0.146 e. The van der Waals surface area contributed by atoms with Gasteiger partial charge >= 0.3 is 0 Å². The SMILES string of the molecule is Cc1cn([C@@H]2C[C@@H]3[C@H](Cc4ccc5cc(Br)c(N)nc5c4)CC[C@]3(O)[C@H]2O)c2ncnc(N)c12. The van der Waals surface area contributed by atoms with Gasteiger partial charge in [0.15, 0.2) is 0 Å². The van der Waals surface area contributed by atoms with Crippen molar-refractivity contribution in [3.63, 3.8) is 0 Å². The molecule has 2 aliphatic rings. The third kappa shape index (κ3) is 3.14. The Labute approximate surface area is 205 Å². The Morgan fingerprint density at radius 1 is 1.21 bits per heavy atom. The first-order valence-corrected chi connectivity index (χ1v) is 12.4. The van der Waals surface area contributed by atoms with Gasteiger partial charge in [0.05, 0.1) is 27.0 Å². The summed E-state index contributed by atoms with van der Waals surface area (Å²) in [4.78, 5) is 13.1. The molecule has 9 heteroatoms. The van der Waals surface area contributed by atoms with Crippen molar-refractivity contribution in [2.75, 3.05) is 11.5 Å². The highest BCUT2D eigenvalue weighted by Crippen LogP contribution is 2.55. The molecule has 0 unspecified atom stereocenters. The van der Waals surface area contributed by atoms with E-state index in [0.29, 0.717) is 30.1 Å². The van der Waals surface area contributed by atoms with Crippen LogP contribution in [0.2, 0.25) is 0 Å². The van der Waals surface area contributed by atoms with E-state index in [9.17, 15) is 10.2 Å². The number of halogens is 1. The van der Waals surface area contributed by atoms with Gasteiger partial charge in [-0.25, -0.2) is 15.0 Å². The number of rotatable bonds is 3. The lowest BCUT2D eigenvalue weighted by atomic mass is 9.84. The predicted molar refractivity (Wildman–Crippen MR) is 135 cm³/mol. The van der Waals surface area contributed by atoms with Gasteiger partial charge in [0, 0.05) is 11.6 Å². The van der Waals surface area contributed by atoms with E-state index in [2.05, 4.69) is 49.1 Å². The lowest BCUT2D eigenvalue weighted by Crippen LogP contribution is -2.42. The fourth-order valence-corrected chi connectivity index (χ4v) is 6.72. The van der Waals surface area contributed by atoms with Gasteiger partial charge < -0.3 is 26.2 Å². The van der Waals surface area contributed by atoms with Crippen LogP contribution in [0.1, 0.15) is 36.4 Å².